The summed E-state index contributed by atoms with van der Waals surface area (Å²) in [6.45, 7) is 0. The minimum atomic E-state index is -0.389. The Morgan fingerprint density at radius 2 is 1.71 bits per heavy atom. The van der Waals surface area contributed by atoms with E-state index in [0.717, 1.165) is 12.8 Å². The van der Waals surface area contributed by atoms with Crippen LogP contribution in [0.3, 0.4) is 0 Å². The Labute approximate surface area is 46.3 Å². The lowest BCUT2D eigenvalue weighted by molar-refractivity contribution is 0.144. The molecule has 1 saturated carbocycles. The van der Waals surface area contributed by atoms with Crippen molar-refractivity contribution in [2.45, 2.75) is 31.0 Å². The van der Waals surface area contributed by atoms with Gasteiger partial charge in [0, 0.05) is 0 Å². The molecule has 0 aromatic rings. The summed E-state index contributed by atoms with van der Waals surface area (Å²) in [6, 6.07) is 0. The highest BCUT2D eigenvalue weighted by Gasteiger charge is 2.24. The molecule has 1 atom stereocenters. The zero-order valence-electron chi connectivity index (χ0n) is 4.35. The Bertz CT molecular complexity index is 62.5. The predicted molar refractivity (Wildman–Crippen MR) is 33.1 cm³/mol. The fourth-order valence-electron chi connectivity index (χ4n) is 0.987. The summed E-state index contributed by atoms with van der Waals surface area (Å²) in [5.74, 6) is 0. The average Bonchev–Trinajstić information content (AvgIpc) is 1.84. The Kier molecular flexibility index (Phi) is 1.36. The van der Waals surface area contributed by atoms with E-state index in [0.29, 0.717) is 0 Å². The summed E-state index contributed by atoms with van der Waals surface area (Å²) in [4.78, 5) is 0. The molecule has 2 heteroatoms. The summed E-state index contributed by atoms with van der Waals surface area (Å²) < 4.78 is 0. The molecule has 0 heterocycles. The van der Waals surface area contributed by atoms with Gasteiger partial charge in [0.15, 0.2) is 0 Å². The molecule has 0 saturated heterocycles. The summed E-state index contributed by atoms with van der Waals surface area (Å²) >= 11 is 0. The standard InChI is InChI=1S/C5H11OP/c6-5(7)3-1-2-4-5/h6H,1-4,7H2. The van der Waals surface area contributed by atoms with Crippen LogP contribution >= 0.6 is 9.24 Å². The van der Waals surface area contributed by atoms with Gasteiger partial charge in [0.2, 0.25) is 0 Å². The van der Waals surface area contributed by atoms with Crippen molar-refractivity contribution in [1.29, 1.82) is 0 Å². The molecular weight excluding hydrogens is 107 g/mol. The van der Waals surface area contributed by atoms with E-state index < -0.39 is 0 Å². The maximum Gasteiger partial charge on any atom is 0.0778 e. The van der Waals surface area contributed by atoms with Crippen LogP contribution in [0.15, 0.2) is 0 Å². The molecule has 0 bridgehead atoms. The van der Waals surface area contributed by atoms with Crippen LogP contribution in [-0.2, 0) is 0 Å². The number of rotatable bonds is 0. The molecule has 0 aliphatic heterocycles. The quantitative estimate of drug-likeness (QED) is 0.472. The topological polar surface area (TPSA) is 20.2 Å². The molecule has 0 radical (unpaired) electrons. The monoisotopic (exact) mass is 118 g/mol. The zero-order chi connectivity index (χ0) is 5.33. The summed E-state index contributed by atoms with van der Waals surface area (Å²) in [6.07, 6.45) is 4.33. The molecule has 1 unspecified atom stereocenters. The van der Waals surface area contributed by atoms with Crippen molar-refractivity contribution in [3.63, 3.8) is 0 Å². The second-order valence-corrected chi connectivity index (χ2v) is 3.39. The van der Waals surface area contributed by atoms with Crippen molar-refractivity contribution in [3.05, 3.63) is 0 Å². The molecule has 42 valence electrons. The lowest BCUT2D eigenvalue weighted by atomic mass is 10.3. The zero-order valence-corrected chi connectivity index (χ0v) is 5.51. The lowest BCUT2D eigenvalue weighted by Crippen LogP contribution is -2.11. The summed E-state index contributed by atoms with van der Waals surface area (Å²) in [5, 5.41) is 8.77. The van der Waals surface area contributed by atoms with Gasteiger partial charge in [-0.3, -0.25) is 0 Å². The first-order chi connectivity index (χ1) is 3.21. The third-order valence-electron chi connectivity index (χ3n) is 1.47. The second-order valence-electron chi connectivity index (χ2n) is 2.31. The van der Waals surface area contributed by atoms with E-state index in [1.165, 1.54) is 12.8 Å². The maximum absolute atomic E-state index is 9.16. The third-order valence-corrected chi connectivity index (χ3v) is 2.05. The van der Waals surface area contributed by atoms with Gasteiger partial charge in [-0.1, -0.05) is 12.8 Å². The normalized spacial score (nSPS) is 28.3. The fraction of sp³-hybridized carbons (Fsp3) is 1.00. The van der Waals surface area contributed by atoms with E-state index in [-0.39, 0.29) is 5.34 Å². The first-order valence-electron chi connectivity index (χ1n) is 2.72. The smallest absolute Gasteiger partial charge is 0.0778 e. The molecule has 0 spiro atoms. The van der Waals surface area contributed by atoms with Gasteiger partial charge in [0.25, 0.3) is 0 Å². The Hall–Kier alpha value is 0.390. The molecular formula is C5H11OP. The Morgan fingerprint density at radius 1 is 1.29 bits per heavy atom. The molecule has 1 aliphatic carbocycles. The molecule has 1 rings (SSSR count). The Morgan fingerprint density at radius 3 is 1.86 bits per heavy atom. The van der Waals surface area contributed by atoms with Crippen LogP contribution < -0.4 is 0 Å². The largest absolute Gasteiger partial charge is 0.386 e. The number of hydrogen-bond donors (Lipinski definition) is 1. The van der Waals surface area contributed by atoms with Gasteiger partial charge < -0.3 is 5.11 Å². The fourth-order valence-corrected chi connectivity index (χ4v) is 1.40. The molecule has 7 heavy (non-hydrogen) atoms. The molecule has 1 N–H and O–H groups in total. The van der Waals surface area contributed by atoms with Crippen LogP contribution in [0.2, 0.25) is 0 Å². The molecule has 0 aromatic heterocycles. The second kappa shape index (κ2) is 1.72. The molecule has 0 amide bonds. The van der Waals surface area contributed by atoms with Crippen molar-refractivity contribution in [2.75, 3.05) is 0 Å². The van der Waals surface area contributed by atoms with Gasteiger partial charge in [-0.2, -0.15) is 0 Å². The maximum atomic E-state index is 9.16. The van der Waals surface area contributed by atoms with E-state index in [1.807, 2.05) is 0 Å². The van der Waals surface area contributed by atoms with Gasteiger partial charge in [0.05, 0.1) is 5.34 Å². The molecule has 1 aliphatic rings. The van der Waals surface area contributed by atoms with E-state index >= 15 is 0 Å². The number of aliphatic hydroxyl groups is 1. The molecule has 1 nitrogen and oxygen atoms in total. The van der Waals surface area contributed by atoms with Crippen molar-refractivity contribution >= 4 is 9.24 Å². The highest BCUT2D eigenvalue weighted by molar-refractivity contribution is 7.18. The minimum Gasteiger partial charge on any atom is -0.386 e. The van der Waals surface area contributed by atoms with Crippen LogP contribution in [0.4, 0.5) is 0 Å². The van der Waals surface area contributed by atoms with Crippen molar-refractivity contribution in [3.8, 4) is 0 Å². The molecule has 0 aromatic carbocycles. The minimum absolute atomic E-state index is 0.389. The third kappa shape index (κ3) is 1.40. The van der Waals surface area contributed by atoms with Gasteiger partial charge in [-0.15, -0.1) is 9.24 Å². The number of hydrogen-bond acceptors (Lipinski definition) is 1. The van der Waals surface area contributed by atoms with Crippen LogP contribution in [0.1, 0.15) is 25.7 Å². The Balaban J connectivity index is 2.40. The highest BCUT2D eigenvalue weighted by Crippen LogP contribution is 2.34. The summed E-state index contributed by atoms with van der Waals surface area (Å²) in [5.41, 5.74) is 0. The van der Waals surface area contributed by atoms with Crippen molar-refractivity contribution in [2.24, 2.45) is 0 Å². The van der Waals surface area contributed by atoms with Gasteiger partial charge in [0.1, 0.15) is 0 Å². The highest BCUT2D eigenvalue weighted by atomic mass is 31.0. The lowest BCUT2D eigenvalue weighted by Gasteiger charge is -2.12. The van der Waals surface area contributed by atoms with Crippen LogP contribution in [0, 0.1) is 0 Å². The predicted octanol–water partition coefficient (Wildman–Crippen LogP) is 1.12. The van der Waals surface area contributed by atoms with E-state index in [9.17, 15) is 0 Å². The van der Waals surface area contributed by atoms with E-state index in [1.54, 1.807) is 0 Å². The first kappa shape index (κ1) is 5.53. The van der Waals surface area contributed by atoms with E-state index in [4.69, 9.17) is 5.11 Å². The summed E-state index contributed by atoms with van der Waals surface area (Å²) in [7, 11) is 2.49. The SMILES string of the molecule is OC1(P)CCCC1. The van der Waals surface area contributed by atoms with Gasteiger partial charge in [-0.25, -0.2) is 0 Å². The van der Waals surface area contributed by atoms with Crippen molar-refractivity contribution in [1.82, 2.24) is 0 Å². The van der Waals surface area contributed by atoms with Crippen LogP contribution in [0.5, 0.6) is 0 Å². The van der Waals surface area contributed by atoms with Gasteiger partial charge in [-0.05, 0) is 12.8 Å². The first-order valence-corrected chi connectivity index (χ1v) is 3.30. The van der Waals surface area contributed by atoms with Crippen molar-refractivity contribution < 1.29 is 5.11 Å². The van der Waals surface area contributed by atoms with E-state index in [2.05, 4.69) is 9.24 Å². The average molecular weight is 118 g/mol. The van der Waals surface area contributed by atoms with Crippen LogP contribution in [-0.4, -0.2) is 10.4 Å². The van der Waals surface area contributed by atoms with Crippen LogP contribution in [0.25, 0.3) is 0 Å². The van der Waals surface area contributed by atoms with Gasteiger partial charge >= 0.3 is 0 Å². The molecule has 1 fully saturated rings.